The molecule has 0 unspecified atom stereocenters. The number of nitrogens with one attached hydrogen (secondary N) is 1. The Hall–Kier alpha value is -1.98. The van der Waals surface area contributed by atoms with E-state index in [1.54, 1.807) is 19.1 Å². The lowest BCUT2D eigenvalue weighted by Gasteiger charge is -2.26. The van der Waals surface area contributed by atoms with Crippen LogP contribution in [0, 0.1) is 6.92 Å². The molecule has 1 fully saturated rings. The zero-order valence-corrected chi connectivity index (χ0v) is 19.8. The Bertz CT molecular complexity index is 1210. The number of hydrogen-bond acceptors (Lipinski definition) is 6. The monoisotopic (exact) mass is 485 g/mol. The molecule has 0 spiro atoms. The summed E-state index contributed by atoms with van der Waals surface area (Å²) in [7, 11) is -4.16. The smallest absolute Gasteiger partial charge is 0.242 e. The van der Waals surface area contributed by atoms with Crippen LogP contribution in [-0.2, 0) is 24.8 Å². The average molecular weight is 486 g/mol. The second kappa shape index (κ2) is 8.87. The quantitative estimate of drug-likeness (QED) is 0.645. The van der Waals surface area contributed by atoms with Gasteiger partial charge in [0.15, 0.2) is 0 Å². The summed E-state index contributed by atoms with van der Waals surface area (Å²) in [5.41, 5.74) is 1.22. The van der Waals surface area contributed by atoms with E-state index < -0.39 is 26.0 Å². The summed E-state index contributed by atoms with van der Waals surface area (Å²) in [6.45, 7) is 1.65. The highest BCUT2D eigenvalue weighted by atomic mass is 35.5. The van der Waals surface area contributed by atoms with Gasteiger partial charge in [-0.3, -0.25) is 4.79 Å². The molecule has 31 heavy (non-hydrogen) atoms. The maximum Gasteiger partial charge on any atom is 0.242 e. The van der Waals surface area contributed by atoms with Gasteiger partial charge in [-0.15, -0.1) is 0 Å². The molecule has 1 N–H and O–H groups in total. The zero-order chi connectivity index (χ0) is 23.0. The molecule has 11 heteroatoms. The maximum absolute atomic E-state index is 13.1. The van der Waals surface area contributed by atoms with Crippen molar-refractivity contribution < 1.29 is 21.6 Å². The summed E-state index contributed by atoms with van der Waals surface area (Å²) in [6, 6.07) is 11.0. The lowest BCUT2D eigenvalue weighted by molar-refractivity contribution is -0.116. The first-order chi connectivity index (χ1) is 14.4. The number of nitrogens with zero attached hydrogens (tertiary/aromatic N) is 2. The van der Waals surface area contributed by atoms with E-state index in [4.69, 9.17) is 11.6 Å². The highest BCUT2D eigenvalue weighted by molar-refractivity contribution is 7.94. The van der Waals surface area contributed by atoms with Crippen LogP contribution in [0.15, 0.2) is 47.4 Å². The summed E-state index contributed by atoms with van der Waals surface area (Å²) in [4.78, 5) is 13.8. The van der Waals surface area contributed by atoms with Crippen LogP contribution in [0.1, 0.15) is 23.6 Å². The van der Waals surface area contributed by atoms with E-state index in [2.05, 4.69) is 4.72 Å². The van der Waals surface area contributed by atoms with Gasteiger partial charge in [0.05, 0.1) is 16.3 Å². The van der Waals surface area contributed by atoms with Crippen molar-refractivity contribution in [1.82, 2.24) is 9.62 Å². The van der Waals surface area contributed by atoms with Gasteiger partial charge in [-0.2, -0.15) is 0 Å². The Balaban J connectivity index is 1.91. The van der Waals surface area contributed by atoms with Crippen molar-refractivity contribution in [1.29, 1.82) is 0 Å². The number of rotatable bonds is 7. The minimum Gasteiger partial charge on any atom is -0.301 e. The maximum atomic E-state index is 13.1. The van der Waals surface area contributed by atoms with Crippen LogP contribution in [-0.4, -0.2) is 54.0 Å². The van der Waals surface area contributed by atoms with Crippen LogP contribution in [0.4, 0.5) is 5.69 Å². The summed E-state index contributed by atoms with van der Waals surface area (Å²) in [5.74, 6) is -0.867. The Morgan fingerprint density at radius 1 is 1.19 bits per heavy atom. The zero-order valence-electron chi connectivity index (χ0n) is 17.4. The van der Waals surface area contributed by atoms with E-state index in [-0.39, 0.29) is 35.3 Å². The normalized spacial score (nSPS) is 17.3. The van der Waals surface area contributed by atoms with Crippen molar-refractivity contribution in [3.63, 3.8) is 0 Å². The predicted octanol–water partition coefficient (Wildman–Crippen LogP) is 2.30. The third-order valence-electron chi connectivity index (χ3n) is 5.13. The average Bonchev–Trinajstić information content (AvgIpc) is 2.96. The number of amides is 1. The predicted molar refractivity (Wildman–Crippen MR) is 120 cm³/mol. The van der Waals surface area contributed by atoms with Gasteiger partial charge < -0.3 is 4.90 Å². The number of carbonyl (C=O) groups is 1. The van der Waals surface area contributed by atoms with Crippen molar-refractivity contribution in [2.45, 2.75) is 24.3 Å². The highest BCUT2D eigenvalue weighted by Crippen LogP contribution is 2.30. The van der Waals surface area contributed by atoms with Gasteiger partial charge in [0.2, 0.25) is 26.0 Å². The Morgan fingerprint density at radius 3 is 2.45 bits per heavy atom. The molecule has 8 nitrogen and oxygen atoms in total. The first-order valence-electron chi connectivity index (χ1n) is 9.51. The van der Waals surface area contributed by atoms with E-state index >= 15 is 0 Å². The van der Waals surface area contributed by atoms with Crippen molar-refractivity contribution in [3.8, 4) is 0 Å². The fourth-order valence-corrected chi connectivity index (χ4v) is 6.47. The second-order valence-corrected chi connectivity index (χ2v) is 11.6. The molecule has 1 heterocycles. The minimum atomic E-state index is -4.00. The summed E-state index contributed by atoms with van der Waals surface area (Å²) in [6.07, 6.45) is -0.126. The molecule has 1 aliphatic rings. The number of carbonyl (C=O) groups excluding carboxylic acids is 1. The number of hydrogen-bond donors (Lipinski definition) is 1. The van der Waals surface area contributed by atoms with Gasteiger partial charge in [0.25, 0.3) is 0 Å². The topological polar surface area (TPSA) is 104 Å². The molecule has 1 aliphatic heterocycles. The summed E-state index contributed by atoms with van der Waals surface area (Å²) in [5, 5.41) is 0.524. The van der Waals surface area contributed by atoms with Gasteiger partial charge in [0.1, 0.15) is 0 Å². The lowest BCUT2D eigenvalue weighted by atomic mass is 10.1. The standard InChI is InChI=1S/C20H24ClN3O5S2/c1-14-8-9-15(24-20(25)10-11-30(24,26)27)12-19(14)31(28,29)22-13-18(23(2)3)16-6-4-5-7-17(16)21/h4-9,12,18,22H,10-11,13H2,1-3H3/t18-/m1/s1. The fourth-order valence-electron chi connectivity index (χ4n) is 3.46. The number of anilines is 1. The molecular formula is C20H24ClN3O5S2. The van der Waals surface area contributed by atoms with Gasteiger partial charge >= 0.3 is 0 Å². The molecule has 0 aromatic heterocycles. The molecular weight excluding hydrogens is 462 g/mol. The third kappa shape index (κ3) is 4.93. The van der Waals surface area contributed by atoms with Crippen LogP contribution in [0.3, 0.4) is 0 Å². The molecule has 2 aromatic carbocycles. The molecule has 168 valence electrons. The van der Waals surface area contributed by atoms with Crippen molar-refractivity contribution >= 4 is 43.2 Å². The first-order valence-corrected chi connectivity index (χ1v) is 13.0. The SMILES string of the molecule is Cc1ccc(N2C(=O)CCS2(=O)=O)cc1S(=O)(=O)NC[C@H](c1ccccc1Cl)N(C)C. The molecule has 1 amide bonds. The van der Waals surface area contributed by atoms with Gasteiger partial charge in [-0.05, 0) is 50.3 Å². The van der Waals surface area contributed by atoms with E-state index in [0.29, 0.717) is 14.9 Å². The Labute approximate surface area is 187 Å². The Kier molecular flexibility index (Phi) is 6.78. The van der Waals surface area contributed by atoms with Crippen LogP contribution >= 0.6 is 11.6 Å². The summed E-state index contributed by atoms with van der Waals surface area (Å²) < 4.78 is 53.9. The lowest BCUT2D eigenvalue weighted by Crippen LogP contribution is -2.35. The minimum absolute atomic E-state index is 0.0174. The number of sulfonamides is 2. The van der Waals surface area contributed by atoms with Crippen LogP contribution in [0.5, 0.6) is 0 Å². The van der Waals surface area contributed by atoms with Gasteiger partial charge in [-0.25, -0.2) is 25.9 Å². The molecule has 0 aliphatic carbocycles. The Morgan fingerprint density at radius 2 is 1.87 bits per heavy atom. The van der Waals surface area contributed by atoms with E-state index in [1.165, 1.54) is 18.2 Å². The number of halogens is 1. The van der Waals surface area contributed by atoms with E-state index in [1.807, 2.05) is 31.1 Å². The molecule has 3 rings (SSSR count). The number of likely N-dealkylation sites (N-methyl/N-ethyl adjacent to an activating group) is 1. The number of benzene rings is 2. The van der Waals surface area contributed by atoms with Crippen LogP contribution < -0.4 is 9.03 Å². The van der Waals surface area contributed by atoms with Crippen molar-refractivity contribution in [2.75, 3.05) is 30.7 Å². The van der Waals surface area contributed by atoms with Gasteiger partial charge in [-0.1, -0.05) is 35.9 Å². The van der Waals surface area contributed by atoms with Crippen molar-refractivity contribution in [3.05, 3.63) is 58.6 Å². The molecule has 0 bridgehead atoms. The number of aryl methyl sites for hydroxylation is 1. The van der Waals surface area contributed by atoms with Crippen LogP contribution in [0.2, 0.25) is 5.02 Å². The molecule has 1 atom stereocenters. The largest absolute Gasteiger partial charge is 0.301 e. The highest BCUT2D eigenvalue weighted by Gasteiger charge is 2.37. The second-order valence-electron chi connectivity index (χ2n) is 7.53. The summed E-state index contributed by atoms with van der Waals surface area (Å²) >= 11 is 6.29. The van der Waals surface area contributed by atoms with Gasteiger partial charge in [0, 0.05) is 24.0 Å². The molecule has 0 saturated carbocycles. The van der Waals surface area contributed by atoms with E-state index in [0.717, 1.165) is 5.56 Å². The van der Waals surface area contributed by atoms with E-state index in [9.17, 15) is 21.6 Å². The molecule has 1 saturated heterocycles. The molecule has 2 aromatic rings. The van der Waals surface area contributed by atoms with Crippen LogP contribution in [0.25, 0.3) is 0 Å². The first kappa shape index (κ1) is 23.7. The third-order valence-corrected chi connectivity index (χ3v) is 8.73. The molecule has 0 radical (unpaired) electrons. The fraction of sp³-hybridized carbons (Fsp3) is 0.350. The van der Waals surface area contributed by atoms with Crippen molar-refractivity contribution in [2.24, 2.45) is 0 Å².